The molecular weight excluding hydrogens is 348 g/mol. The Hall–Kier alpha value is -3.10. The zero-order valence-corrected chi connectivity index (χ0v) is 15.1. The molecule has 0 unspecified atom stereocenters. The van der Waals surface area contributed by atoms with E-state index < -0.39 is 29.8 Å². The van der Waals surface area contributed by atoms with Crippen LogP contribution in [0, 0.1) is 0 Å². The molecule has 142 valence electrons. The van der Waals surface area contributed by atoms with Crippen molar-refractivity contribution in [2.75, 3.05) is 22.1 Å². The van der Waals surface area contributed by atoms with Crippen LogP contribution in [0.2, 0.25) is 0 Å². The van der Waals surface area contributed by atoms with Crippen molar-refractivity contribution in [3.05, 3.63) is 48.5 Å². The SMILES string of the molecule is CC1(C)O[C@@H](C(=O)Nc2ccccc2N)[C@H](C(=O)Nc2ccccc2N)O1. The normalized spacial score (nSPS) is 20.8. The Morgan fingerprint density at radius 1 is 0.815 bits per heavy atom. The number of nitrogens with one attached hydrogen (secondary N) is 2. The van der Waals surface area contributed by atoms with Crippen LogP contribution in [0.4, 0.5) is 22.7 Å². The average Bonchev–Trinajstić information content (AvgIpc) is 2.95. The van der Waals surface area contributed by atoms with Gasteiger partial charge in [0.1, 0.15) is 0 Å². The van der Waals surface area contributed by atoms with Crippen molar-refractivity contribution in [2.45, 2.75) is 31.8 Å². The molecule has 0 radical (unpaired) electrons. The smallest absolute Gasteiger partial charge is 0.256 e. The first-order chi connectivity index (χ1) is 12.8. The molecule has 2 aromatic carbocycles. The van der Waals surface area contributed by atoms with Gasteiger partial charge in [-0.1, -0.05) is 24.3 Å². The number of hydrogen-bond acceptors (Lipinski definition) is 6. The van der Waals surface area contributed by atoms with Gasteiger partial charge in [0, 0.05) is 0 Å². The topological polar surface area (TPSA) is 129 Å². The van der Waals surface area contributed by atoms with E-state index in [1.54, 1.807) is 62.4 Å². The zero-order valence-electron chi connectivity index (χ0n) is 15.1. The molecule has 0 aromatic heterocycles. The van der Waals surface area contributed by atoms with Crippen molar-refractivity contribution in [2.24, 2.45) is 0 Å². The highest BCUT2D eigenvalue weighted by atomic mass is 16.8. The highest BCUT2D eigenvalue weighted by Crippen LogP contribution is 2.31. The fourth-order valence-corrected chi connectivity index (χ4v) is 2.77. The molecule has 6 N–H and O–H groups in total. The third-order valence-corrected chi connectivity index (χ3v) is 4.05. The summed E-state index contributed by atoms with van der Waals surface area (Å²) in [7, 11) is 0. The summed E-state index contributed by atoms with van der Waals surface area (Å²) in [5, 5.41) is 5.35. The fraction of sp³-hybridized carbons (Fsp3) is 0.263. The van der Waals surface area contributed by atoms with E-state index in [0.717, 1.165) is 0 Å². The molecule has 2 atom stereocenters. The lowest BCUT2D eigenvalue weighted by Crippen LogP contribution is -2.43. The van der Waals surface area contributed by atoms with Gasteiger partial charge in [0.05, 0.1) is 22.7 Å². The quantitative estimate of drug-likeness (QED) is 0.609. The summed E-state index contributed by atoms with van der Waals surface area (Å²) in [5.41, 5.74) is 13.4. The highest BCUT2D eigenvalue weighted by molar-refractivity contribution is 6.04. The van der Waals surface area contributed by atoms with Crippen LogP contribution in [0.3, 0.4) is 0 Å². The number of carbonyl (C=O) groups excluding carboxylic acids is 2. The van der Waals surface area contributed by atoms with E-state index in [4.69, 9.17) is 20.9 Å². The lowest BCUT2D eigenvalue weighted by molar-refractivity contribution is -0.156. The number of carbonyl (C=O) groups is 2. The van der Waals surface area contributed by atoms with Crippen molar-refractivity contribution >= 4 is 34.6 Å². The van der Waals surface area contributed by atoms with Crippen LogP contribution in [-0.4, -0.2) is 29.8 Å². The number of amides is 2. The van der Waals surface area contributed by atoms with E-state index in [0.29, 0.717) is 22.7 Å². The Kier molecular flexibility index (Phi) is 5.02. The van der Waals surface area contributed by atoms with Crippen LogP contribution in [0.15, 0.2) is 48.5 Å². The second-order valence-corrected chi connectivity index (χ2v) is 6.63. The lowest BCUT2D eigenvalue weighted by atomic mass is 10.1. The number of nitrogen functional groups attached to an aromatic ring is 2. The molecule has 0 aliphatic carbocycles. The van der Waals surface area contributed by atoms with E-state index in [1.165, 1.54) is 0 Å². The second kappa shape index (κ2) is 7.26. The van der Waals surface area contributed by atoms with Crippen LogP contribution in [0.1, 0.15) is 13.8 Å². The summed E-state index contributed by atoms with van der Waals surface area (Å²) in [4.78, 5) is 25.4. The Bertz CT molecular complexity index is 799. The Morgan fingerprint density at radius 2 is 1.19 bits per heavy atom. The Balaban J connectivity index is 1.78. The highest BCUT2D eigenvalue weighted by Gasteiger charge is 2.49. The molecule has 8 nitrogen and oxygen atoms in total. The number of ether oxygens (including phenoxy) is 2. The maximum absolute atomic E-state index is 12.7. The van der Waals surface area contributed by atoms with Crippen molar-refractivity contribution in [1.29, 1.82) is 0 Å². The van der Waals surface area contributed by atoms with Gasteiger partial charge in [0.25, 0.3) is 11.8 Å². The predicted octanol–water partition coefficient (Wildman–Crippen LogP) is 1.95. The molecule has 1 heterocycles. The number of nitrogens with two attached hydrogens (primary N) is 2. The van der Waals surface area contributed by atoms with E-state index in [9.17, 15) is 9.59 Å². The minimum Gasteiger partial charge on any atom is -0.397 e. The second-order valence-electron chi connectivity index (χ2n) is 6.63. The first-order valence-corrected chi connectivity index (χ1v) is 8.43. The summed E-state index contributed by atoms with van der Waals surface area (Å²) in [6.45, 7) is 3.27. The molecule has 1 fully saturated rings. The van der Waals surface area contributed by atoms with Gasteiger partial charge in [0.15, 0.2) is 18.0 Å². The molecule has 1 saturated heterocycles. The van der Waals surface area contributed by atoms with Gasteiger partial charge in [-0.25, -0.2) is 0 Å². The maximum Gasteiger partial charge on any atom is 0.256 e. The minimum absolute atomic E-state index is 0.405. The van der Waals surface area contributed by atoms with Crippen LogP contribution in [-0.2, 0) is 19.1 Å². The summed E-state index contributed by atoms with van der Waals surface area (Å²) in [5.74, 6) is -2.16. The molecule has 2 amide bonds. The Labute approximate surface area is 156 Å². The third kappa shape index (κ3) is 4.18. The van der Waals surface area contributed by atoms with Crippen LogP contribution in [0.25, 0.3) is 0 Å². The number of benzene rings is 2. The number of anilines is 4. The van der Waals surface area contributed by atoms with Crippen molar-refractivity contribution in [3.63, 3.8) is 0 Å². The van der Waals surface area contributed by atoms with Gasteiger partial charge in [-0.15, -0.1) is 0 Å². The minimum atomic E-state index is -1.15. The summed E-state index contributed by atoms with van der Waals surface area (Å²) in [6, 6.07) is 13.6. The molecule has 0 bridgehead atoms. The largest absolute Gasteiger partial charge is 0.397 e. The third-order valence-electron chi connectivity index (χ3n) is 4.05. The van der Waals surface area contributed by atoms with Gasteiger partial charge in [-0.05, 0) is 38.1 Å². The molecule has 0 saturated carbocycles. The van der Waals surface area contributed by atoms with Gasteiger partial charge >= 0.3 is 0 Å². The fourth-order valence-electron chi connectivity index (χ4n) is 2.77. The van der Waals surface area contributed by atoms with Crippen molar-refractivity contribution in [3.8, 4) is 0 Å². The molecule has 8 heteroatoms. The summed E-state index contributed by atoms with van der Waals surface area (Å²) in [6.07, 6.45) is -2.30. The molecule has 27 heavy (non-hydrogen) atoms. The van der Waals surface area contributed by atoms with Crippen molar-refractivity contribution in [1.82, 2.24) is 0 Å². The van der Waals surface area contributed by atoms with Crippen molar-refractivity contribution < 1.29 is 19.1 Å². The molecule has 1 aliphatic heterocycles. The molecule has 3 rings (SSSR count). The zero-order chi connectivity index (χ0) is 19.6. The lowest BCUT2D eigenvalue weighted by Gasteiger charge is -2.17. The van der Waals surface area contributed by atoms with Gasteiger partial charge < -0.3 is 31.6 Å². The van der Waals surface area contributed by atoms with Gasteiger partial charge in [-0.2, -0.15) is 0 Å². The van der Waals surface area contributed by atoms with Crippen LogP contribution < -0.4 is 22.1 Å². The number of rotatable bonds is 4. The Morgan fingerprint density at radius 3 is 1.56 bits per heavy atom. The summed E-state index contributed by atoms with van der Waals surface area (Å²) < 4.78 is 11.3. The first-order valence-electron chi connectivity index (χ1n) is 8.43. The van der Waals surface area contributed by atoms with Crippen LogP contribution in [0.5, 0.6) is 0 Å². The van der Waals surface area contributed by atoms with E-state index in [-0.39, 0.29) is 0 Å². The van der Waals surface area contributed by atoms with E-state index in [1.807, 2.05) is 0 Å². The molecule has 1 aliphatic rings. The van der Waals surface area contributed by atoms with E-state index >= 15 is 0 Å². The van der Waals surface area contributed by atoms with Crippen LogP contribution >= 0.6 is 0 Å². The molecule has 0 spiro atoms. The molecule has 2 aromatic rings. The number of para-hydroxylation sites is 4. The average molecular weight is 370 g/mol. The monoisotopic (exact) mass is 370 g/mol. The maximum atomic E-state index is 12.7. The van der Waals surface area contributed by atoms with Gasteiger partial charge in [-0.3, -0.25) is 9.59 Å². The van der Waals surface area contributed by atoms with Gasteiger partial charge in [0.2, 0.25) is 0 Å². The predicted molar refractivity (Wildman–Crippen MR) is 103 cm³/mol. The van der Waals surface area contributed by atoms with E-state index in [2.05, 4.69) is 10.6 Å². The number of hydrogen-bond donors (Lipinski definition) is 4. The summed E-state index contributed by atoms with van der Waals surface area (Å²) >= 11 is 0. The first kappa shape index (κ1) is 18.7. The standard InChI is InChI=1S/C19H22N4O4/c1-19(2)26-15(17(24)22-13-9-5-3-7-11(13)20)16(27-19)18(25)23-14-10-6-4-8-12(14)21/h3-10,15-16H,20-21H2,1-2H3,(H,22,24)(H,23,25)/t15-,16-/m1/s1. The molecular formula is C19H22N4O4.